The lowest BCUT2D eigenvalue weighted by atomic mass is 10.1. The minimum atomic E-state index is -3.10. The van der Waals surface area contributed by atoms with E-state index in [-0.39, 0.29) is 17.7 Å². The van der Waals surface area contributed by atoms with E-state index < -0.39 is 24.5 Å². The molecule has 0 radical (unpaired) electrons. The van der Waals surface area contributed by atoms with Gasteiger partial charge in [0, 0.05) is 31.9 Å². The van der Waals surface area contributed by atoms with Crippen LogP contribution >= 0.6 is 0 Å². The van der Waals surface area contributed by atoms with Crippen LogP contribution in [0.15, 0.2) is 36.4 Å². The average molecular weight is 549 g/mol. The molecule has 0 bridgehead atoms. The van der Waals surface area contributed by atoms with E-state index in [0.717, 1.165) is 56.7 Å². The Morgan fingerprint density at radius 2 is 1.97 bits per heavy atom. The fraction of sp³-hybridized carbons (Fsp3) is 0.536. The molecule has 2 heterocycles. The zero-order valence-electron chi connectivity index (χ0n) is 22.3. The fourth-order valence-electron chi connectivity index (χ4n) is 4.48. The number of amides is 1. The number of fused-ring (bicyclic) bond motifs is 1. The first-order valence-corrected chi connectivity index (χ1v) is 13.5. The normalized spacial score (nSPS) is 13.6. The Bertz CT molecular complexity index is 1070. The number of benzene rings is 1. The molecule has 11 heteroatoms. The number of anilines is 1. The number of unbranched alkanes of at least 4 members (excludes halogenated alkanes) is 1. The van der Waals surface area contributed by atoms with Gasteiger partial charge in [0.05, 0.1) is 12.2 Å². The molecule has 0 saturated heterocycles. The van der Waals surface area contributed by atoms with E-state index in [9.17, 15) is 23.5 Å². The van der Waals surface area contributed by atoms with Gasteiger partial charge in [-0.1, -0.05) is 18.2 Å². The number of aromatic nitrogens is 1. The van der Waals surface area contributed by atoms with Crippen molar-refractivity contribution in [3.8, 4) is 5.75 Å². The molecule has 3 N–H and O–H groups in total. The molecule has 39 heavy (non-hydrogen) atoms. The third-order valence-electron chi connectivity index (χ3n) is 6.55. The number of rotatable bonds is 17. The molecule has 1 aromatic carbocycles. The highest BCUT2D eigenvalue weighted by molar-refractivity contribution is 5.98. The maximum atomic E-state index is 12.7. The maximum absolute atomic E-state index is 12.7. The van der Waals surface area contributed by atoms with Crippen molar-refractivity contribution in [2.24, 2.45) is 0 Å². The van der Waals surface area contributed by atoms with Crippen LogP contribution in [-0.4, -0.2) is 78.9 Å². The molecular formula is C28H38F2N4O5. The van der Waals surface area contributed by atoms with Crippen LogP contribution in [0.2, 0.25) is 0 Å². The van der Waals surface area contributed by atoms with Gasteiger partial charge in [-0.05, 0) is 75.8 Å². The van der Waals surface area contributed by atoms with E-state index in [2.05, 4.69) is 32.4 Å². The molecule has 0 unspecified atom stereocenters. The summed E-state index contributed by atoms with van der Waals surface area (Å²) in [5, 5.41) is 15.5. The number of nitrogens with one attached hydrogen (secondary N) is 2. The summed E-state index contributed by atoms with van der Waals surface area (Å²) >= 11 is 0. The number of hydrogen-bond donors (Lipinski definition) is 3. The first-order chi connectivity index (χ1) is 18.9. The number of nitrogens with zero attached hydrogens (tertiary/aromatic N) is 2. The smallest absolute Gasteiger partial charge is 0.387 e. The standard InChI is InChI=1S/C28H38F2N4O5/c1-2-38-19-18-34(16-6-5-9-21-13-12-20-8-7-15-31-25(20)32-21)17-14-23(27(36)37)33-26(35)22-10-3-4-11-24(22)39-28(29)30/h3-4,10-13,23,28H,2,5-9,14-19H2,1H3,(H,31,32)(H,33,35)(H,36,37)/t23-/m0/s1. The van der Waals surface area contributed by atoms with E-state index in [4.69, 9.17) is 9.72 Å². The van der Waals surface area contributed by atoms with E-state index in [1.54, 1.807) is 0 Å². The number of halogens is 2. The molecule has 1 aliphatic rings. The molecule has 0 aliphatic carbocycles. The number of carboxylic acid groups (broad SMARTS) is 1. The summed E-state index contributed by atoms with van der Waals surface area (Å²) in [6.45, 7) is 2.63. The summed E-state index contributed by atoms with van der Waals surface area (Å²) in [5.74, 6) is -1.31. The molecular weight excluding hydrogens is 510 g/mol. The van der Waals surface area contributed by atoms with E-state index >= 15 is 0 Å². The quantitative estimate of drug-likeness (QED) is 0.255. The van der Waals surface area contributed by atoms with Gasteiger partial charge in [0.15, 0.2) is 0 Å². The number of carbonyl (C=O) groups is 2. The van der Waals surface area contributed by atoms with Gasteiger partial charge in [0.25, 0.3) is 5.91 Å². The van der Waals surface area contributed by atoms with Crippen molar-refractivity contribution in [1.29, 1.82) is 0 Å². The molecule has 1 amide bonds. The van der Waals surface area contributed by atoms with Crippen LogP contribution in [0.1, 0.15) is 54.2 Å². The number of carbonyl (C=O) groups excluding carboxylic acids is 1. The first kappa shape index (κ1) is 30.2. The van der Waals surface area contributed by atoms with Crippen molar-refractivity contribution in [1.82, 2.24) is 15.2 Å². The molecule has 0 saturated carbocycles. The highest BCUT2D eigenvalue weighted by Gasteiger charge is 2.24. The minimum absolute atomic E-state index is 0.142. The molecule has 1 atom stereocenters. The molecule has 214 valence electrons. The monoisotopic (exact) mass is 548 g/mol. The lowest BCUT2D eigenvalue weighted by Gasteiger charge is -2.24. The van der Waals surface area contributed by atoms with Gasteiger partial charge in [-0.2, -0.15) is 8.78 Å². The number of aryl methyl sites for hydroxylation is 2. The van der Waals surface area contributed by atoms with Gasteiger partial charge in [-0.25, -0.2) is 9.78 Å². The van der Waals surface area contributed by atoms with Crippen LogP contribution in [0.25, 0.3) is 0 Å². The second-order valence-electron chi connectivity index (χ2n) is 9.36. The second kappa shape index (κ2) is 15.9. The van der Waals surface area contributed by atoms with E-state index in [1.165, 1.54) is 29.8 Å². The fourth-order valence-corrected chi connectivity index (χ4v) is 4.48. The number of carboxylic acids is 1. The lowest BCUT2D eigenvalue weighted by Crippen LogP contribution is -2.43. The topological polar surface area (TPSA) is 113 Å². The van der Waals surface area contributed by atoms with Gasteiger partial charge >= 0.3 is 12.6 Å². The molecule has 1 aromatic heterocycles. The Hall–Kier alpha value is -3.31. The van der Waals surface area contributed by atoms with Crippen molar-refractivity contribution in [3.63, 3.8) is 0 Å². The van der Waals surface area contributed by atoms with Crippen molar-refractivity contribution >= 4 is 17.7 Å². The molecule has 9 nitrogen and oxygen atoms in total. The molecule has 1 aliphatic heterocycles. The second-order valence-corrected chi connectivity index (χ2v) is 9.36. The summed E-state index contributed by atoms with van der Waals surface area (Å²) in [7, 11) is 0. The molecule has 3 rings (SSSR count). The Morgan fingerprint density at radius 1 is 1.15 bits per heavy atom. The van der Waals surface area contributed by atoms with Gasteiger partial charge in [-0.15, -0.1) is 0 Å². The Labute approximate surface area is 227 Å². The largest absolute Gasteiger partial charge is 0.480 e. The molecule has 0 spiro atoms. The van der Waals surface area contributed by atoms with Crippen LogP contribution in [-0.2, 0) is 22.4 Å². The number of aliphatic carboxylic acids is 1. The zero-order chi connectivity index (χ0) is 28.0. The molecule has 2 aromatic rings. The summed E-state index contributed by atoms with van der Waals surface area (Å²) < 4.78 is 35.3. The Morgan fingerprint density at radius 3 is 2.74 bits per heavy atom. The SMILES string of the molecule is CCOCCN(CCCCc1ccc2c(n1)NCCC2)CC[C@H](NC(=O)c1ccccc1OC(F)F)C(=O)O. The van der Waals surface area contributed by atoms with Gasteiger partial charge in [0.2, 0.25) is 0 Å². The number of para-hydroxylation sites is 1. The summed E-state index contributed by atoms with van der Waals surface area (Å²) in [6.07, 6.45) is 4.99. The minimum Gasteiger partial charge on any atom is -0.480 e. The van der Waals surface area contributed by atoms with Crippen LogP contribution in [0, 0.1) is 0 Å². The maximum Gasteiger partial charge on any atom is 0.387 e. The molecule has 0 fully saturated rings. The number of pyridine rings is 1. The Kier molecular flexibility index (Phi) is 12.4. The number of ether oxygens (including phenoxy) is 2. The van der Waals surface area contributed by atoms with E-state index in [0.29, 0.717) is 26.3 Å². The number of alkyl halides is 2. The van der Waals surface area contributed by atoms with Crippen LogP contribution < -0.4 is 15.4 Å². The Balaban J connectivity index is 1.52. The van der Waals surface area contributed by atoms with Crippen molar-refractivity contribution < 1.29 is 33.0 Å². The van der Waals surface area contributed by atoms with Gasteiger partial charge in [0.1, 0.15) is 17.6 Å². The highest BCUT2D eigenvalue weighted by atomic mass is 19.3. The van der Waals surface area contributed by atoms with E-state index in [1.807, 2.05) is 6.92 Å². The van der Waals surface area contributed by atoms with Crippen molar-refractivity contribution in [2.75, 3.05) is 44.7 Å². The van der Waals surface area contributed by atoms with Crippen LogP contribution in [0.4, 0.5) is 14.6 Å². The lowest BCUT2D eigenvalue weighted by molar-refractivity contribution is -0.139. The highest BCUT2D eigenvalue weighted by Crippen LogP contribution is 2.21. The van der Waals surface area contributed by atoms with Gasteiger partial charge in [-0.3, -0.25) is 4.79 Å². The van der Waals surface area contributed by atoms with Crippen molar-refractivity contribution in [2.45, 2.75) is 58.1 Å². The predicted octanol–water partition coefficient (Wildman–Crippen LogP) is 3.98. The van der Waals surface area contributed by atoms with Gasteiger partial charge < -0.3 is 30.1 Å². The third kappa shape index (κ3) is 10.1. The van der Waals surface area contributed by atoms with Crippen LogP contribution in [0.5, 0.6) is 5.75 Å². The van der Waals surface area contributed by atoms with Crippen LogP contribution in [0.3, 0.4) is 0 Å². The summed E-state index contributed by atoms with van der Waals surface area (Å²) in [4.78, 5) is 31.5. The third-order valence-corrected chi connectivity index (χ3v) is 6.55. The number of hydrogen-bond acceptors (Lipinski definition) is 7. The van der Waals surface area contributed by atoms with Crippen molar-refractivity contribution in [3.05, 3.63) is 53.2 Å². The average Bonchev–Trinajstić information content (AvgIpc) is 2.92. The summed E-state index contributed by atoms with van der Waals surface area (Å²) in [6, 6.07) is 8.54. The first-order valence-electron chi connectivity index (χ1n) is 13.5. The summed E-state index contributed by atoms with van der Waals surface area (Å²) in [5.41, 5.74) is 2.16. The predicted molar refractivity (Wildman–Crippen MR) is 143 cm³/mol. The zero-order valence-corrected chi connectivity index (χ0v) is 22.3.